The topological polar surface area (TPSA) is 44.3 Å². The van der Waals surface area contributed by atoms with Gasteiger partial charge in [0.15, 0.2) is 0 Å². The number of nitrogens with zero attached hydrogens (tertiary/aromatic N) is 4. The molecule has 2 heterocycles. The van der Waals surface area contributed by atoms with Gasteiger partial charge in [-0.2, -0.15) is 4.98 Å². The van der Waals surface area contributed by atoms with Crippen LogP contribution in [0.15, 0.2) is 36.4 Å². The van der Waals surface area contributed by atoms with E-state index in [2.05, 4.69) is 47.4 Å². The van der Waals surface area contributed by atoms with Crippen molar-refractivity contribution in [1.82, 2.24) is 14.9 Å². The molecule has 122 valence electrons. The molecule has 23 heavy (non-hydrogen) atoms. The summed E-state index contributed by atoms with van der Waals surface area (Å²) < 4.78 is 0. The van der Waals surface area contributed by atoms with Crippen molar-refractivity contribution in [2.45, 2.75) is 12.8 Å². The molecule has 0 aliphatic carbocycles. The zero-order valence-electron chi connectivity index (χ0n) is 14.0. The maximum Gasteiger partial charge on any atom is 0.225 e. The van der Waals surface area contributed by atoms with Crippen LogP contribution in [0.3, 0.4) is 0 Å². The van der Waals surface area contributed by atoms with Gasteiger partial charge in [0.05, 0.1) is 5.69 Å². The molecule has 0 unspecified atom stereocenters. The Morgan fingerprint density at radius 2 is 1.83 bits per heavy atom. The maximum atomic E-state index is 4.72. The Bertz CT molecular complexity index is 621. The first-order valence-electron chi connectivity index (χ1n) is 8.30. The SMILES string of the molecule is CN(C)CCNc1nc(-c2ccccc2)cc(N2CCCC2)n1. The van der Waals surface area contributed by atoms with Crippen LogP contribution in [0.5, 0.6) is 0 Å². The summed E-state index contributed by atoms with van der Waals surface area (Å²) in [6, 6.07) is 12.4. The van der Waals surface area contributed by atoms with Crippen LogP contribution in [-0.2, 0) is 0 Å². The average Bonchev–Trinajstić information content (AvgIpc) is 3.10. The summed E-state index contributed by atoms with van der Waals surface area (Å²) in [6.07, 6.45) is 2.49. The van der Waals surface area contributed by atoms with Crippen molar-refractivity contribution < 1.29 is 0 Å². The molecule has 3 rings (SSSR count). The van der Waals surface area contributed by atoms with Crippen molar-refractivity contribution in [2.75, 3.05) is 50.5 Å². The Labute approximate surface area is 138 Å². The van der Waals surface area contributed by atoms with Crippen molar-refractivity contribution in [1.29, 1.82) is 0 Å². The maximum absolute atomic E-state index is 4.72. The van der Waals surface area contributed by atoms with Crippen LogP contribution < -0.4 is 10.2 Å². The highest BCUT2D eigenvalue weighted by atomic mass is 15.2. The van der Waals surface area contributed by atoms with Gasteiger partial charge >= 0.3 is 0 Å². The monoisotopic (exact) mass is 311 g/mol. The fourth-order valence-electron chi connectivity index (χ4n) is 2.77. The molecule has 5 heteroatoms. The number of aromatic nitrogens is 2. The third kappa shape index (κ3) is 4.20. The van der Waals surface area contributed by atoms with E-state index in [9.17, 15) is 0 Å². The Hall–Kier alpha value is -2.14. The molecule has 1 aromatic carbocycles. The molecule has 1 N–H and O–H groups in total. The summed E-state index contributed by atoms with van der Waals surface area (Å²) in [5.74, 6) is 1.75. The van der Waals surface area contributed by atoms with Gasteiger partial charge in [-0.05, 0) is 26.9 Å². The Balaban J connectivity index is 1.87. The van der Waals surface area contributed by atoms with Crippen molar-refractivity contribution in [3.8, 4) is 11.3 Å². The van der Waals surface area contributed by atoms with Gasteiger partial charge in [-0.25, -0.2) is 4.98 Å². The lowest BCUT2D eigenvalue weighted by Crippen LogP contribution is -2.23. The molecule has 0 amide bonds. The molecular formula is C18H25N5. The van der Waals surface area contributed by atoms with Gasteiger partial charge in [0.2, 0.25) is 5.95 Å². The molecule has 1 saturated heterocycles. The van der Waals surface area contributed by atoms with Crippen LogP contribution in [0.4, 0.5) is 11.8 Å². The van der Waals surface area contributed by atoms with Crippen molar-refractivity contribution >= 4 is 11.8 Å². The molecule has 2 aromatic rings. The Kier molecular flexibility index (Phi) is 5.08. The molecule has 1 fully saturated rings. The number of likely N-dealkylation sites (N-methyl/N-ethyl adjacent to an activating group) is 1. The standard InChI is InChI=1S/C18H25N5/c1-22(2)13-10-19-18-20-16(15-8-4-3-5-9-15)14-17(21-18)23-11-6-7-12-23/h3-5,8-9,14H,6-7,10-13H2,1-2H3,(H,19,20,21). The zero-order valence-corrected chi connectivity index (χ0v) is 14.0. The lowest BCUT2D eigenvalue weighted by Gasteiger charge is -2.19. The summed E-state index contributed by atoms with van der Waals surface area (Å²) in [6.45, 7) is 3.97. The number of nitrogens with one attached hydrogen (secondary N) is 1. The number of hydrogen-bond donors (Lipinski definition) is 1. The molecule has 1 aliphatic rings. The number of hydrogen-bond acceptors (Lipinski definition) is 5. The summed E-state index contributed by atoms with van der Waals surface area (Å²) in [5, 5.41) is 3.36. The molecule has 0 radical (unpaired) electrons. The van der Waals surface area contributed by atoms with E-state index in [1.807, 2.05) is 18.2 Å². The molecule has 0 saturated carbocycles. The Morgan fingerprint density at radius 1 is 1.09 bits per heavy atom. The van der Waals surface area contributed by atoms with Crippen LogP contribution >= 0.6 is 0 Å². The highest BCUT2D eigenvalue weighted by molar-refractivity contribution is 5.64. The summed E-state index contributed by atoms with van der Waals surface area (Å²) in [5.41, 5.74) is 2.11. The Morgan fingerprint density at radius 3 is 2.52 bits per heavy atom. The lowest BCUT2D eigenvalue weighted by atomic mass is 10.1. The predicted octanol–water partition coefficient (Wildman–Crippen LogP) is 2.72. The normalized spacial score (nSPS) is 14.5. The van der Waals surface area contributed by atoms with Crippen molar-refractivity contribution in [2.24, 2.45) is 0 Å². The largest absolute Gasteiger partial charge is 0.356 e. The second-order valence-corrected chi connectivity index (χ2v) is 6.23. The third-order valence-electron chi connectivity index (χ3n) is 4.05. The van der Waals surface area contributed by atoms with Gasteiger partial charge in [0.1, 0.15) is 5.82 Å². The van der Waals surface area contributed by atoms with E-state index in [0.717, 1.165) is 49.2 Å². The van der Waals surface area contributed by atoms with Crippen LogP contribution in [0.1, 0.15) is 12.8 Å². The molecule has 1 aliphatic heterocycles. The quantitative estimate of drug-likeness (QED) is 0.888. The molecule has 1 aromatic heterocycles. The highest BCUT2D eigenvalue weighted by Crippen LogP contribution is 2.25. The van der Waals surface area contributed by atoms with E-state index in [1.165, 1.54) is 12.8 Å². The fourth-order valence-corrected chi connectivity index (χ4v) is 2.77. The molecule has 0 bridgehead atoms. The number of rotatable bonds is 6. The van der Waals surface area contributed by atoms with Crippen LogP contribution in [0, 0.1) is 0 Å². The first kappa shape index (κ1) is 15.7. The van der Waals surface area contributed by atoms with Gasteiger partial charge in [-0.15, -0.1) is 0 Å². The van der Waals surface area contributed by atoms with Gasteiger partial charge in [0.25, 0.3) is 0 Å². The van der Waals surface area contributed by atoms with Gasteiger partial charge in [-0.3, -0.25) is 0 Å². The van der Waals surface area contributed by atoms with E-state index >= 15 is 0 Å². The van der Waals surface area contributed by atoms with Crippen LogP contribution in [0.25, 0.3) is 11.3 Å². The summed E-state index contributed by atoms with van der Waals surface area (Å²) in [7, 11) is 4.14. The number of benzene rings is 1. The van der Waals surface area contributed by atoms with Gasteiger partial charge in [0, 0.05) is 37.8 Å². The van der Waals surface area contributed by atoms with Gasteiger partial charge < -0.3 is 15.1 Å². The van der Waals surface area contributed by atoms with Gasteiger partial charge in [-0.1, -0.05) is 30.3 Å². The second-order valence-electron chi connectivity index (χ2n) is 6.23. The van der Waals surface area contributed by atoms with Crippen molar-refractivity contribution in [3.63, 3.8) is 0 Å². The van der Waals surface area contributed by atoms with E-state index in [1.54, 1.807) is 0 Å². The lowest BCUT2D eigenvalue weighted by molar-refractivity contribution is 0.425. The van der Waals surface area contributed by atoms with E-state index < -0.39 is 0 Å². The average molecular weight is 311 g/mol. The fraction of sp³-hybridized carbons (Fsp3) is 0.444. The third-order valence-corrected chi connectivity index (χ3v) is 4.05. The van der Waals surface area contributed by atoms with E-state index in [-0.39, 0.29) is 0 Å². The van der Waals surface area contributed by atoms with Crippen molar-refractivity contribution in [3.05, 3.63) is 36.4 Å². The summed E-state index contributed by atoms with van der Waals surface area (Å²) >= 11 is 0. The zero-order chi connectivity index (χ0) is 16.1. The molecular weight excluding hydrogens is 286 g/mol. The minimum atomic E-state index is 0.718. The van der Waals surface area contributed by atoms with E-state index in [4.69, 9.17) is 9.97 Å². The first-order valence-corrected chi connectivity index (χ1v) is 8.30. The minimum Gasteiger partial charge on any atom is -0.356 e. The highest BCUT2D eigenvalue weighted by Gasteiger charge is 2.16. The predicted molar refractivity (Wildman–Crippen MR) is 96.0 cm³/mol. The molecule has 0 atom stereocenters. The smallest absolute Gasteiger partial charge is 0.225 e. The molecule has 0 spiro atoms. The van der Waals surface area contributed by atoms with Crippen LogP contribution in [0.2, 0.25) is 0 Å². The second kappa shape index (κ2) is 7.42. The van der Waals surface area contributed by atoms with E-state index in [0.29, 0.717) is 0 Å². The number of anilines is 2. The minimum absolute atomic E-state index is 0.718. The molecule has 5 nitrogen and oxygen atoms in total. The first-order chi connectivity index (χ1) is 11.2. The van der Waals surface area contributed by atoms with Crippen LogP contribution in [-0.4, -0.2) is 55.1 Å². The summed E-state index contributed by atoms with van der Waals surface area (Å²) in [4.78, 5) is 13.9.